The maximum atomic E-state index is 12.8. The number of aromatic nitrogens is 4. The first-order valence-electron chi connectivity index (χ1n) is 10.2. The lowest BCUT2D eigenvalue weighted by Crippen LogP contribution is -2.70. The van der Waals surface area contributed by atoms with Crippen LogP contribution >= 0.6 is 34.9 Å². The Hall–Kier alpha value is -2.59. The molecule has 4 heterocycles. The number of aryl methyl sites for hydroxylation is 3. The number of thioether (sulfide) groups is 2. The molecule has 0 aromatic carbocycles. The van der Waals surface area contributed by atoms with Gasteiger partial charge < -0.3 is 10.4 Å². The van der Waals surface area contributed by atoms with Crippen LogP contribution in [0.1, 0.15) is 22.8 Å². The number of hydrogen-bond donors (Lipinski definition) is 2. The summed E-state index contributed by atoms with van der Waals surface area (Å²) in [5.74, 6) is -1.62. The fourth-order valence-corrected chi connectivity index (χ4v) is 6.91. The summed E-state index contributed by atoms with van der Waals surface area (Å²) in [5.41, 5.74) is -0.305. The molecule has 2 aromatic heterocycles. The van der Waals surface area contributed by atoms with Crippen LogP contribution in [-0.2, 0) is 27.1 Å². The van der Waals surface area contributed by atoms with E-state index in [1.54, 1.807) is 0 Å². The molecule has 188 valence electrons. The van der Waals surface area contributed by atoms with Crippen molar-refractivity contribution in [2.24, 2.45) is 0 Å². The van der Waals surface area contributed by atoms with Crippen LogP contribution in [0.25, 0.3) is 0 Å². The van der Waals surface area contributed by atoms with Gasteiger partial charge in [0.1, 0.15) is 22.1 Å². The highest BCUT2D eigenvalue weighted by molar-refractivity contribution is 8.01. The van der Waals surface area contributed by atoms with Crippen molar-refractivity contribution >= 4 is 52.6 Å². The van der Waals surface area contributed by atoms with Gasteiger partial charge in [0.25, 0.3) is 5.91 Å². The number of amides is 2. The highest BCUT2D eigenvalue weighted by Crippen LogP contribution is 2.41. The Morgan fingerprint density at radius 2 is 2.06 bits per heavy atom. The van der Waals surface area contributed by atoms with E-state index < -0.39 is 41.1 Å². The summed E-state index contributed by atoms with van der Waals surface area (Å²) < 4.78 is 40.2. The lowest BCUT2D eigenvalue weighted by Gasteiger charge is -2.49. The molecule has 1 fully saturated rings. The Kier molecular flexibility index (Phi) is 7.15. The van der Waals surface area contributed by atoms with Gasteiger partial charge in [-0.05, 0) is 25.5 Å². The third-order valence-corrected chi connectivity index (χ3v) is 8.66. The molecular weight excluding hydrogens is 529 g/mol. The van der Waals surface area contributed by atoms with Crippen molar-refractivity contribution in [2.75, 3.05) is 11.5 Å². The molecule has 2 aromatic rings. The summed E-state index contributed by atoms with van der Waals surface area (Å²) in [4.78, 5) is 38.3. The lowest BCUT2D eigenvalue weighted by atomic mass is 10.0. The number of alkyl halides is 3. The van der Waals surface area contributed by atoms with Crippen LogP contribution in [0.5, 0.6) is 0 Å². The highest BCUT2D eigenvalue weighted by Gasteiger charge is 2.54. The molecule has 0 unspecified atom stereocenters. The molecule has 0 aliphatic carbocycles. The predicted octanol–water partition coefficient (Wildman–Crippen LogP) is 2.29. The molecule has 2 atom stereocenters. The van der Waals surface area contributed by atoms with Crippen molar-refractivity contribution in [1.29, 1.82) is 0 Å². The van der Waals surface area contributed by atoms with E-state index in [1.165, 1.54) is 46.7 Å². The average molecular weight is 549 g/mol. The van der Waals surface area contributed by atoms with E-state index in [-0.39, 0.29) is 24.4 Å². The molecule has 35 heavy (non-hydrogen) atoms. The number of aliphatic carboxylic acids is 1. The van der Waals surface area contributed by atoms with E-state index >= 15 is 0 Å². The van der Waals surface area contributed by atoms with Crippen molar-refractivity contribution in [2.45, 2.75) is 48.7 Å². The molecule has 4 rings (SSSR count). The molecule has 10 nitrogen and oxygen atoms in total. The summed E-state index contributed by atoms with van der Waals surface area (Å²) >= 11 is 4.07. The quantitative estimate of drug-likeness (QED) is 0.377. The fraction of sp³-hybridized carbons (Fsp3) is 0.474. The van der Waals surface area contributed by atoms with Gasteiger partial charge in [-0.2, -0.15) is 18.3 Å². The zero-order valence-electron chi connectivity index (χ0n) is 18.3. The minimum Gasteiger partial charge on any atom is -0.477 e. The maximum Gasteiger partial charge on any atom is 0.435 e. The number of nitrogens with one attached hydrogen (secondary N) is 1. The number of carboxylic acid groups (broad SMARTS) is 1. The molecule has 2 amide bonds. The van der Waals surface area contributed by atoms with Crippen molar-refractivity contribution in [3.63, 3.8) is 0 Å². The van der Waals surface area contributed by atoms with E-state index in [4.69, 9.17) is 0 Å². The van der Waals surface area contributed by atoms with E-state index in [1.807, 2.05) is 6.92 Å². The van der Waals surface area contributed by atoms with Gasteiger partial charge in [0.2, 0.25) is 5.91 Å². The van der Waals surface area contributed by atoms with Gasteiger partial charge in [-0.25, -0.2) is 4.79 Å². The van der Waals surface area contributed by atoms with Crippen molar-refractivity contribution < 1.29 is 32.7 Å². The van der Waals surface area contributed by atoms with Gasteiger partial charge >= 0.3 is 12.1 Å². The highest BCUT2D eigenvalue weighted by atomic mass is 32.2. The van der Waals surface area contributed by atoms with Gasteiger partial charge in [-0.1, -0.05) is 23.1 Å². The lowest BCUT2D eigenvalue weighted by molar-refractivity contribution is -0.150. The fourth-order valence-electron chi connectivity index (χ4n) is 3.61. The van der Waals surface area contributed by atoms with Crippen molar-refractivity contribution in [1.82, 2.24) is 30.2 Å². The van der Waals surface area contributed by atoms with Gasteiger partial charge in [0, 0.05) is 30.2 Å². The molecule has 0 saturated carbocycles. The van der Waals surface area contributed by atoms with Crippen LogP contribution in [0, 0.1) is 13.8 Å². The first-order valence-corrected chi connectivity index (χ1v) is 13.0. The first-order chi connectivity index (χ1) is 16.5. The predicted molar refractivity (Wildman–Crippen MR) is 122 cm³/mol. The smallest absolute Gasteiger partial charge is 0.435 e. The van der Waals surface area contributed by atoms with Crippen molar-refractivity contribution in [3.05, 3.63) is 33.7 Å². The zero-order chi connectivity index (χ0) is 25.5. The molecule has 2 aliphatic rings. The van der Waals surface area contributed by atoms with Crippen LogP contribution in [0.15, 0.2) is 21.7 Å². The van der Waals surface area contributed by atoms with E-state index in [0.717, 1.165) is 15.8 Å². The Morgan fingerprint density at radius 1 is 1.31 bits per heavy atom. The van der Waals surface area contributed by atoms with Gasteiger partial charge in [-0.3, -0.25) is 19.2 Å². The minimum absolute atomic E-state index is 0.0927. The maximum absolute atomic E-state index is 12.8. The Morgan fingerprint density at radius 3 is 2.66 bits per heavy atom. The molecule has 0 radical (unpaired) electrons. The minimum atomic E-state index is -4.58. The molecule has 16 heteroatoms. The van der Waals surface area contributed by atoms with Gasteiger partial charge in [-0.15, -0.1) is 22.0 Å². The third kappa shape index (κ3) is 5.33. The second kappa shape index (κ2) is 9.81. The van der Waals surface area contributed by atoms with Crippen LogP contribution in [0.4, 0.5) is 13.2 Å². The van der Waals surface area contributed by atoms with Crippen LogP contribution in [0.3, 0.4) is 0 Å². The Balaban J connectivity index is 1.37. The van der Waals surface area contributed by atoms with Crippen molar-refractivity contribution in [3.8, 4) is 0 Å². The van der Waals surface area contributed by atoms with E-state index in [2.05, 4.69) is 20.6 Å². The number of fused-ring (bicyclic) bond motifs is 1. The van der Waals surface area contributed by atoms with Gasteiger partial charge in [0.15, 0.2) is 10.0 Å². The van der Waals surface area contributed by atoms with Gasteiger partial charge in [0.05, 0.1) is 0 Å². The Labute approximate surface area is 209 Å². The summed E-state index contributed by atoms with van der Waals surface area (Å²) in [7, 11) is 0. The molecule has 0 bridgehead atoms. The second-order valence-electron chi connectivity index (χ2n) is 7.73. The van der Waals surface area contributed by atoms with Crippen LogP contribution in [0.2, 0.25) is 0 Å². The normalized spacial score (nSPS) is 20.0. The molecule has 0 spiro atoms. The van der Waals surface area contributed by atoms with Crippen LogP contribution < -0.4 is 5.32 Å². The molecular formula is C19H19F3N6O4S3. The number of β-lactam (4-membered cyclic amide) rings is 1. The number of carbonyl (C=O) groups excluding carboxylic acids is 2. The second-order valence-corrected chi connectivity index (χ2v) is 11.2. The van der Waals surface area contributed by atoms with E-state index in [0.29, 0.717) is 21.4 Å². The number of carbonyl (C=O) groups is 3. The molecule has 2 aliphatic heterocycles. The standard InChI is InChI=1S/C19H19F3N6O4S3/c1-8-5-11(19(20,21)22)26-27(8)4-3-12(29)23-13-15(30)28-14(17(31)32)10(6-33-16(13)28)7-34-18-25-24-9(2)35-18/h5,13,16H,3-4,6-7H2,1-2H3,(H,23,29)(H,31,32)/t13-,16-/m1/s1. The SMILES string of the molecule is Cc1nnc(SCC2=C(C(=O)O)N3C(=O)[C@@H](NC(=O)CCn4nc(C(F)(F)F)cc4C)[C@H]3SC2)s1. The average Bonchev–Trinajstić information content (AvgIpc) is 3.38. The Bertz CT molecular complexity index is 1210. The van der Waals surface area contributed by atoms with Crippen LogP contribution in [-0.4, -0.2) is 70.7 Å². The van der Waals surface area contributed by atoms with E-state index in [9.17, 15) is 32.7 Å². The number of rotatable bonds is 8. The summed E-state index contributed by atoms with van der Waals surface area (Å²) in [6.07, 6.45) is -4.77. The number of hydrogen-bond acceptors (Lipinski definition) is 9. The number of halogens is 3. The third-order valence-electron chi connectivity index (χ3n) is 5.27. The first kappa shape index (κ1) is 25.5. The number of carboxylic acids is 1. The molecule has 1 saturated heterocycles. The summed E-state index contributed by atoms with van der Waals surface area (Å²) in [6.45, 7) is 3.17. The molecule has 2 N–H and O–H groups in total. The zero-order valence-corrected chi connectivity index (χ0v) is 20.8. The summed E-state index contributed by atoms with van der Waals surface area (Å²) in [6, 6.07) is -0.0162. The number of nitrogens with zero attached hydrogens (tertiary/aromatic N) is 5. The topological polar surface area (TPSA) is 130 Å². The largest absolute Gasteiger partial charge is 0.477 e. The summed E-state index contributed by atoms with van der Waals surface area (Å²) in [5, 5.41) is 23.9. The monoisotopic (exact) mass is 548 g/mol.